The molecule has 2 saturated heterocycles. The third-order valence-corrected chi connectivity index (χ3v) is 5.88. The molecular weight excluding hydrogens is 244 g/mol. The number of fused-ring (bicyclic) bond motifs is 2. The predicted octanol–water partition coefficient (Wildman–Crippen LogP) is 0.948. The number of aliphatic hydroxyl groups is 2. The summed E-state index contributed by atoms with van der Waals surface area (Å²) in [6, 6.07) is 0. The van der Waals surface area contributed by atoms with E-state index < -0.39 is 0 Å². The summed E-state index contributed by atoms with van der Waals surface area (Å²) in [6.45, 7) is 0.472. The monoisotopic (exact) mass is 268 g/mol. The lowest BCUT2D eigenvalue weighted by Gasteiger charge is -2.29. The summed E-state index contributed by atoms with van der Waals surface area (Å²) in [5, 5.41) is 18.1. The first-order chi connectivity index (χ1) is 9.33. The molecule has 108 valence electrons. The Hall–Kier alpha value is -0.160. The van der Waals surface area contributed by atoms with Gasteiger partial charge in [0.1, 0.15) is 0 Å². The van der Waals surface area contributed by atoms with Crippen LogP contribution in [-0.4, -0.2) is 47.8 Å². The number of aliphatic hydroxyl groups excluding tert-OH is 2. The van der Waals surface area contributed by atoms with Gasteiger partial charge in [-0.15, -0.1) is 0 Å². The summed E-state index contributed by atoms with van der Waals surface area (Å²) in [7, 11) is 0. The van der Waals surface area contributed by atoms with Gasteiger partial charge < -0.3 is 19.7 Å². The van der Waals surface area contributed by atoms with Crippen LogP contribution < -0.4 is 0 Å². The quantitative estimate of drug-likeness (QED) is 0.704. The van der Waals surface area contributed by atoms with Gasteiger partial charge in [0.2, 0.25) is 0 Å². The molecule has 0 aromatic carbocycles. The van der Waals surface area contributed by atoms with Crippen molar-refractivity contribution in [1.29, 1.82) is 0 Å². The summed E-state index contributed by atoms with van der Waals surface area (Å²) in [5.41, 5.74) is 0. The zero-order chi connectivity index (χ0) is 13.0. The van der Waals surface area contributed by atoms with E-state index in [1.807, 2.05) is 0 Å². The summed E-state index contributed by atoms with van der Waals surface area (Å²) < 4.78 is 11.7. The number of ether oxygens (including phenoxy) is 2. The highest BCUT2D eigenvalue weighted by Gasteiger charge is 2.63. The third kappa shape index (κ3) is 2.04. The summed E-state index contributed by atoms with van der Waals surface area (Å²) in [4.78, 5) is 0. The van der Waals surface area contributed by atoms with Crippen molar-refractivity contribution in [3.8, 4) is 0 Å². The standard InChI is InChI=1S/C15H24O4/c16-5-3-10-14(18-10)12-8-1-2-9(7-8)13(12)15-11(19-15)4-6-17/h8-17H,1-7H2/t8-,9+,10-,11-,12+,13-,14-,15-/m1/s1. The molecule has 0 spiro atoms. The molecule has 2 saturated carbocycles. The number of hydrogen-bond donors (Lipinski definition) is 2. The van der Waals surface area contributed by atoms with Gasteiger partial charge in [0.25, 0.3) is 0 Å². The first kappa shape index (κ1) is 12.6. The van der Waals surface area contributed by atoms with Gasteiger partial charge in [-0.1, -0.05) is 0 Å². The van der Waals surface area contributed by atoms with E-state index in [0.717, 1.165) is 24.7 Å². The van der Waals surface area contributed by atoms with E-state index >= 15 is 0 Å². The van der Waals surface area contributed by atoms with Gasteiger partial charge in [-0.3, -0.25) is 0 Å². The van der Waals surface area contributed by atoms with Gasteiger partial charge in [-0.2, -0.15) is 0 Å². The van der Waals surface area contributed by atoms with E-state index in [-0.39, 0.29) is 13.2 Å². The van der Waals surface area contributed by atoms with Crippen LogP contribution in [0.1, 0.15) is 32.1 Å². The lowest BCUT2D eigenvalue weighted by Crippen LogP contribution is -2.32. The molecule has 0 aromatic rings. The highest BCUT2D eigenvalue weighted by molar-refractivity contribution is 5.10. The number of epoxide rings is 2. The van der Waals surface area contributed by atoms with Gasteiger partial charge >= 0.3 is 0 Å². The molecule has 4 heteroatoms. The SMILES string of the molecule is OCC[C@H]1O[C@H]1[C@H]1[C@@H]2CC[C@@H](C2)[C@H]1[C@@H]1O[C@@H]1CCO. The maximum Gasteiger partial charge on any atom is 0.0877 e. The Kier molecular flexibility index (Phi) is 3.10. The van der Waals surface area contributed by atoms with Crippen LogP contribution in [-0.2, 0) is 9.47 Å². The molecule has 0 radical (unpaired) electrons. The predicted molar refractivity (Wildman–Crippen MR) is 68.5 cm³/mol. The largest absolute Gasteiger partial charge is 0.396 e. The van der Waals surface area contributed by atoms with Crippen LogP contribution in [0.3, 0.4) is 0 Å². The summed E-state index contributed by atoms with van der Waals surface area (Å²) >= 11 is 0. The molecule has 0 unspecified atom stereocenters. The Morgan fingerprint density at radius 1 is 0.789 bits per heavy atom. The van der Waals surface area contributed by atoms with Crippen LogP contribution in [0.15, 0.2) is 0 Å². The molecule has 4 rings (SSSR count). The maximum atomic E-state index is 9.04. The molecule has 0 aromatic heterocycles. The second kappa shape index (κ2) is 4.69. The summed E-state index contributed by atoms with van der Waals surface area (Å²) in [5.74, 6) is 2.96. The minimum atomic E-state index is 0.236. The third-order valence-electron chi connectivity index (χ3n) is 5.88. The van der Waals surface area contributed by atoms with E-state index in [0.29, 0.717) is 36.3 Å². The second-order valence-corrected chi connectivity index (χ2v) is 6.79. The molecule has 2 aliphatic heterocycles. The molecule has 2 bridgehead atoms. The average Bonchev–Trinajstić information content (AvgIpc) is 3.26. The molecule has 4 aliphatic rings. The second-order valence-electron chi connectivity index (χ2n) is 6.79. The van der Waals surface area contributed by atoms with E-state index in [1.54, 1.807) is 0 Å². The van der Waals surface area contributed by atoms with E-state index in [1.165, 1.54) is 19.3 Å². The number of hydrogen-bond acceptors (Lipinski definition) is 4. The van der Waals surface area contributed by atoms with Crippen molar-refractivity contribution in [2.75, 3.05) is 13.2 Å². The zero-order valence-electron chi connectivity index (χ0n) is 11.3. The van der Waals surface area contributed by atoms with Crippen LogP contribution in [0.5, 0.6) is 0 Å². The molecule has 4 fully saturated rings. The van der Waals surface area contributed by atoms with Crippen LogP contribution in [0.4, 0.5) is 0 Å². The Balaban J connectivity index is 1.44. The van der Waals surface area contributed by atoms with Crippen molar-refractivity contribution >= 4 is 0 Å². The lowest BCUT2D eigenvalue weighted by atomic mass is 9.74. The van der Waals surface area contributed by atoms with Gasteiger partial charge in [0, 0.05) is 13.2 Å². The number of rotatable bonds is 6. The minimum Gasteiger partial charge on any atom is -0.396 e. The fourth-order valence-electron chi connectivity index (χ4n) is 5.06. The Morgan fingerprint density at radius 2 is 1.26 bits per heavy atom. The van der Waals surface area contributed by atoms with Crippen molar-refractivity contribution in [2.24, 2.45) is 23.7 Å². The van der Waals surface area contributed by atoms with Crippen molar-refractivity contribution < 1.29 is 19.7 Å². The molecule has 4 nitrogen and oxygen atoms in total. The van der Waals surface area contributed by atoms with Gasteiger partial charge in [0.15, 0.2) is 0 Å². The van der Waals surface area contributed by atoms with Crippen LogP contribution in [0.25, 0.3) is 0 Å². The van der Waals surface area contributed by atoms with Crippen molar-refractivity contribution in [2.45, 2.75) is 56.5 Å². The maximum absolute atomic E-state index is 9.04. The molecule has 2 N–H and O–H groups in total. The smallest absolute Gasteiger partial charge is 0.0877 e. The highest BCUT2D eigenvalue weighted by atomic mass is 16.6. The van der Waals surface area contributed by atoms with Gasteiger partial charge in [-0.25, -0.2) is 0 Å². The fourth-order valence-corrected chi connectivity index (χ4v) is 5.06. The van der Waals surface area contributed by atoms with Crippen molar-refractivity contribution in [3.05, 3.63) is 0 Å². The zero-order valence-corrected chi connectivity index (χ0v) is 11.3. The Labute approximate surface area is 114 Å². The lowest BCUT2D eigenvalue weighted by molar-refractivity contribution is 0.140. The molecular formula is C15H24O4. The van der Waals surface area contributed by atoms with Crippen LogP contribution >= 0.6 is 0 Å². The Morgan fingerprint density at radius 3 is 1.68 bits per heavy atom. The van der Waals surface area contributed by atoms with E-state index in [2.05, 4.69) is 0 Å². The van der Waals surface area contributed by atoms with E-state index in [4.69, 9.17) is 19.7 Å². The van der Waals surface area contributed by atoms with Crippen LogP contribution in [0, 0.1) is 23.7 Å². The van der Waals surface area contributed by atoms with Crippen LogP contribution in [0.2, 0.25) is 0 Å². The minimum absolute atomic E-state index is 0.236. The normalized spacial score (nSPS) is 54.6. The first-order valence-electron chi connectivity index (χ1n) is 7.86. The van der Waals surface area contributed by atoms with Gasteiger partial charge in [0.05, 0.1) is 24.4 Å². The molecule has 0 amide bonds. The fraction of sp³-hybridized carbons (Fsp3) is 1.00. The first-order valence-corrected chi connectivity index (χ1v) is 7.86. The van der Waals surface area contributed by atoms with Gasteiger partial charge in [-0.05, 0) is 55.8 Å². The Bertz CT molecular complexity index is 315. The molecule has 2 aliphatic carbocycles. The topological polar surface area (TPSA) is 65.5 Å². The van der Waals surface area contributed by atoms with Crippen molar-refractivity contribution in [1.82, 2.24) is 0 Å². The average molecular weight is 268 g/mol. The van der Waals surface area contributed by atoms with Crippen molar-refractivity contribution in [3.63, 3.8) is 0 Å². The molecule has 8 atom stereocenters. The molecule has 19 heavy (non-hydrogen) atoms. The van der Waals surface area contributed by atoms with E-state index in [9.17, 15) is 0 Å². The summed E-state index contributed by atoms with van der Waals surface area (Å²) in [6.07, 6.45) is 7.00. The molecule has 2 heterocycles. The highest BCUT2D eigenvalue weighted by Crippen LogP contribution is 2.61.